The number of unbranched alkanes of at least 4 members (excludes halogenated alkanes) is 1. The maximum atomic E-state index is 5.63. The molecule has 27 heavy (non-hydrogen) atoms. The van der Waals surface area contributed by atoms with Crippen LogP contribution < -0.4 is 10.6 Å². The lowest BCUT2D eigenvalue weighted by atomic mass is 9.83. The van der Waals surface area contributed by atoms with Crippen molar-refractivity contribution in [3.8, 4) is 0 Å². The van der Waals surface area contributed by atoms with Gasteiger partial charge in [0.15, 0.2) is 5.96 Å². The van der Waals surface area contributed by atoms with E-state index in [4.69, 9.17) is 9.73 Å². The molecular weight excluding hydrogens is 451 g/mol. The van der Waals surface area contributed by atoms with Crippen LogP contribution in [-0.2, 0) is 4.74 Å². The third-order valence-corrected chi connectivity index (χ3v) is 5.95. The molecule has 6 heteroatoms. The summed E-state index contributed by atoms with van der Waals surface area (Å²) < 4.78 is 5.63. The second-order valence-electron chi connectivity index (χ2n) is 8.03. The summed E-state index contributed by atoms with van der Waals surface area (Å²) in [5.74, 6) is 0.997. The molecule has 0 amide bonds. The summed E-state index contributed by atoms with van der Waals surface area (Å²) in [5, 5.41) is 6.96. The molecule has 1 heterocycles. The van der Waals surface area contributed by atoms with E-state index >= 15 is 0 Å². The highest BCUT2D eigenvalue weighted by atomic mass is 127. The third kappa shape index (κ3) is 9.79. The first-order chi connectivity index (χ1) is 12.8. The third-order valence-electron chi connectivity index (χ3n) is 5.95. The van der Waals surface area contributed by atoms with Crippen LogP contribution in [0.4, 0.5) is 0 Å². The number of aliphatic imine (C=N–C) groups is 1. The van der Waals surface area contributed by atoms with Crippen LogP contribution in [0.2, 0.25) is 0 Å². The van der Waals surface area contributed by atoms with Crippen molar-refractivity contribution in [1.82, 2.24) is 15.5 Å². The van der Waals surface area contributed by atoms with Crippen LogP contribution in [0.15, 0.2) is 4.99 Å². The molecule has 0 unspecified atom stereocenters. The first-order valence-corrected chi connectivity index (χ1v) is 11.1. The van der Waals surface area contributed by atoms with Gasteiger partial charge in [-0.3, -0.25) is 4.99 Å². The first-order valence-electron chi connectivity index (χ1n) is 11.1. The predicted octanol–water partition coefficient (Wildman–Crippen LogP) is 4.02. The van der Waals surface area contributed by atoms with Gasteiger partial charge in [0.1, 0.15) is 0 Å². The fourth-order valence-corrected chi connectivity index (χ4v) is 4.31. The number of hydrogen-bond acceptors (Lipinski definition) is 3. The maximum Gasteiger partial charge on any atom is 0.191 e. The van der Waals surface area contributed by atoms with Crippen molar-refractivity contribution in [3.63, 3.8) is 0 Å². The second kappa shape index (κ2) is 14.9. The highest BCUT2D eigenvalue weighted by Gasteiger charge is 2.33. The summed E-state index contributed by atoms with van der Waals surface area (Å²) in [6, 6.07) is 0. The van der Waals surface area contributed by atoms with Crippen molar-refractivity contribution in [2.24, 2.45) is 10.4 Å². The molecule has 5 nitrogen and oxygen atoms in total. The lowest BCUT2D eigenvalue weighted by Gasteiger charge is -2.27. The van der Waals surface area contributed by atoms with Crippen LogP contribution in [0.5, 0.6) is 0 Å². The molecule has 1 aliphatic carbocycles. The van der Waals surface area contributed by atoms with Crippen molar-refractivity contribution < 1.29 is 4.74 Å². The van der Waals surface area contributed by atoms with Gasteiger partial charge >= 0.3 is 0 Å². The van der Waals surface area contributed by atoms with Gasteiger partial charge in [0.2, 0.25) is 0 Å². The Morgan fingerprint density at radius 2 is 1.78 bits per heavy atom. The van der Waals surface area contributed by atoms with E-state index in [0.717, 1.165) is 45.2 Å². The van der Waals surface area contributed by atoms with Gasteiger partial charge in [-0.2, -0.15) is 0 Å². The Morgan fingerprint density at radius 3 is 2.44 bits per heavy atom. The zero-order valence-corrected chi connectivity index (χ0v) is 20.1. The van der Waals surface area contributed by atoms with Gasteiger partial charge in [-0.05, 0) is 83.8 Å². The van der Waals surface area contributed by atoms with Crippen LogP contribution in [-0.4, -0.2) is 63.3 Å². The molecule has 0 spiro atoms. The van der Waals surface area contributed by atoms with E-state index in [0.29, 0.717) is 5.41 Å². The second-order valence-corrected chi connectivity index (χ2v) is 8.03. The number of ether oxygens (including phenoxy) is 1. The number of guanidine groups is 1. The van der Waals surface area contributed by atoms with E-state index in [1.54, 1.807) is 0 Å². The van der Waals surface area contributed by atoms with E-state index < -0.39 is 0 Å². The average Bonchev–Trinajstić information content (AvgIpc) is 3.32. The number of likely N-dealkylation sites (tertiary alicyclic amines) is 1. The van der Waals surface area contributed by atoms with Gasteiger partial charge in [0.05, 0.1) is 0 Å². The molecule has 0 bridgehead atoms. The van der Waals surface area contributed by atoms with Crippen LogP contribution in [0, 0.1) is 5.41 Å². The molecule has 0 radical (unpaired) electrons. The Morgan fingerprint density at radius 1 is 1.04 bits per heavy atom. The molecule has 160 valence electrons. The van der Waals surface area contributed by atoms with Crippen molar-refractivity contribution in [1.29, 1.82) is 0 Å². The van der Waals surface area contributed by atoms with E-state index in [2.05, 4.69) is 29.4 Å². The van der Waals surface area contributed by atoms with Crippen molar-refractivity contribution in [2.45, 2.75) is 71.6 Å². The number of hydrogen-bond donors (Lipinski definition) is 2. The molecule has 1 aliphatic heterocycles. The Hall–Kier alpha value is -0.0800. The Bertz CT molecular complexity index is 394. The molecule has 0 aromatic heterocycles. The van der Waals surface area contributed by atoms with E-state index in [-0.39, 0.29) is 24.0 Å². The molecule has 2 aliphatic rings. The van der Waals surface area contributed by atoms with Gasteiger partial charge in [-0.15, -0.1) is 24.0 Å². The molecule has 0 aromatic carbocycles. The monoisotopic (exact) mass is 494 g/mol. The minimum Gasteiger partial charge on any atom is -0.382 e. The average molecular weight is 495 g/mol. The largest absolute Gasteiger partial charge is 0.382 e. The number of nitrogens with one attached hydrogen (secondary N) is 2. The lowest BCUT2D eigenvalue weighted by Crippen LogP contribution is -2.39. The minimum atomic E-state index is 0. The van der Waals surface area contributed by atoms with E-state index in [9.17, 15) is 0 Å². The molecular formula is C21H43IN4O. The zero-order chi connectivity index (χ0) is 18.5. The van der Waals surface area contributed by atoms with Crippen LogP contribution in [0.3, 0.4) is 0 Å². The van der Waals surface area contributed by atoms with E-state index in [1.165, 1.54) is 71.0 Å². The first kappa shape index (κ1) is 25.0. The SMILES string of the molecule is CCNC(=NCC1(CCOCC)CCCC1)NCCCCN1CCCC1.I. The standard InChI is InChI=1S/C21H42N4O.HI/c1-3-22-20(23-14-7-8-15-25-16-9-10-17-25)24-19-21(11-5-6-12-21)13-18-26-4-2;/h3-19H2,1-2H3,(H2,22,23,24);1H. The normalized spacial score (nSPS) is 19.9. The molecule has 0 atom stereocenters. The van der Waals surface area contributed by atoms with Crippen molar-refractivity contribution in [3.05, 3.63) is 0 Å². The van der Waals surface area contributed by atoms with Gasteiger partial charge in [0, 0.05) is 32.8 Å². The van der Waals surface area contributed by atoms with Gasteiger partial charge in [0.25, 0.3) is 0 Å². The Labute approximate surface area is 184 Å². The van der Waals surface area contributed by atoms with Crippen LogP contribution in [0.1, 0.15) is 71.6 Å². The van der Waals surface area contributed by atoms with Crippen molar-refractivity contribution in [2.75, 3.05) is 52.5 Å². The lowest BCUT2D eigenvalue weighted by molar-refractivity contribution is 0.107. The van der Waals surface area contributed by atoms with E-state index in [1.807, 2.05) is 0 Å². The summed E-state index contributed by atoms with van der Waals surface area (Å²) in [7, 11) is 0. The molecule has 2 fully saturated rings. The number of halogens is 1. The summed E-state index contributed by atoms with van der Waals surface area (Å²) >= 11 is 0. The number of rotatable bonds is 12. The number of nitrogens with zero attached hydrogens (tertiary/aromatic N) is 2. The van der Waals surface area contributed by atoms with Crippen LogP contribution in [0.25, 0.3) is 0 Å². The van der Waals surface area contributed by atoms with Gasteiger partial charge < -0.3 is 20.3 Å². The van der Waals surface area contributed by atoms with Gasteiger partial charge in [-0.1, -0.05) is 12.8 Å². The molecule has 0 aromatic rings. The van der Waals surface area contributed by atoms with Crippen molar-refractivity contribution >= 4 is 29.9 Å². The fraction of sp³-hybridized carbons (Fsp3) is 0.952. The smallest absolute Gasteiger partial charge is 0.191 e. The summed E-state index contributed by atoms with van der Waals surface area (Å²) in [5.41, 5.74) is 0.368. The summed E-state index contributed by atoms with van der Waals surface area (Å²) in [6.45, 7) is 12.7. The molecule has 1 saturated carbocycles. The molecule has 1 saturated heterocycles. The maximum absolute atomic E-state index is 5.63. The fourth-order valence-electron chi connectivity index (χ4n) is 4.31. The minimum absolute atomic E-state index is 0. The highest BCUT2D eigenvalue weighted by molar-refractivity contribution is 14.0. The highest BCUT2D eigenvalue weighted by Crippen LogP contribution is 2.41. The quantitative estimate of drug-likeness (QED) is 0.186. The predicted molar refractivity (Wildman–Crippen MR) is 126 cm³/mol. The van der Waals surface area contributed by atoms with Gasteiger partial charge in [-0.25, -0.2) is 0 Å². The molecule has 2 rings (SSSR count). The Kier molecular flexibility index (Phi) is 13.7. The topological polar surface area (TPSA) is 48.9 Å². The Balaban J connectivity index is 0.00000364. The summed E-state index contributed by atoms with van der Waals surface area (Å²) in [4.78, 5) is 7.55. The summed E-state index contributed by atoms with van der Waals surface area (Å²) in [6.07, 6.45) is 11.7. The van der Waals surface area contributed by atoms with Crippen LogP contribution >= 0.6 is 24.0 Å². The zero-order valence-electron chi connectivity index (χ0n) is 17.7. The molecule has 2 N–H and O–H groups in total.